The standard InChI is InChI=1S/C21H26N2O4/c1-5-14(2)22-21(25)18-11-6-7-12-19(18)23-20(24)15(3)27-17-10-8-9-16(13-17)26-4/h6-15H,5H2,1-4H3,(H,22,25)(H,23,24)/t14-,15-/m1/s1. The topological polar surface area (TPSA) is 76.7 Å². The van der Waals surface area contributed by atoms with E-state index in [2.05, 4.69) is 10.6 Å². The molecule has 0 saturated heterocycles. The Hall–Kier alpha value is -3.02. The van der Waals surface area contributed by atoms with Gasteiger partial charge in [-0.1, -0.05) is 25.1 Å². The highest BCUT2D eigenvalue weighted by molar-refractivity contribution is 6.04. The normalized spacial score (nSPS) is 12.6. The monoisotopic (exact) mass is 370 g/mol. The number of nitrogens with one attached hydrogen (secondary N) is 2. The van der Waals surface area contributed by atoms with E-state index in [1.54, 1.807) is 62.6 Å². The Morgan fingerprint density at radius 3 is 2.44 bits per heavy atom. The van der Waals surface area contributed by atoms with E-state index < -0.39 is 6.10 Å². The van der Waals surface area contributed by atoms with Crippen molar-refractivity contribution < 1.29 is 19.1 Å². The lowest BCUT2D eigenvalue weighted by Crippen LogP contribution is -2.34. The Morgan fingerprint density at radius 1 is 1.04 bits per heavy atom. The van der Waals surface area contributed by atoms with Gasteiger partial charge in [0, 0.05) is 12.1 Å². The molecule has 2 N–H and O–H groups in total. The third-order valence-corrected chi connectivity index (χ3v) is 4.14. The van der Waals surface area contributed by atoms with Gasteiger partial charge in [-0.05, 0) is 44.5 Å². The molecule has 0 aromatic heterocycles. The van der Waals surface area contributed by atoms with Crippen LogP contribution < -0.4 is 20.1 Å². The maximum absolute atomic E-state index is 12.5. The number of rotatable bonds is 8. The van der Waals surface area contributed by atoms with Crippen LogP contribution >= 0.6 is 0 Å². The fraction of sp³-hybridized carbons (Fsp3) is 0.333. The number of ether oxygens (including phenoxy) is 2. The van der Waals surface area contributed by atoms with Crippen molar-refractivity contribution in [3.63, 3.8) is 0 Å². The largest absolute Gasteiger partial charge is 0.497 e. The summed E-state index contributed by atoms with van der Waals surface area (Å²) in [6.07, 6.45) is 0.0777. The molecule has 2 amide bonds. The van der Waals surface area contributed by atoms with Gasteiger partial charge in [0.25, 0.3) is 11.8 Å². The van der Waals surface area contributed by atoms with Gasteiger partial charge in [0.2, 0.25) is 0 Å². The highest BCUT2D eigenvalue weighted by atomic mass is 16.5. The van der Waals surface area contributed by atoms with Gasteiger partial charge < -0.3 is 20.1 Å². The molecule has 0 heterocycles. The van der Waals surface area contributed by atoms with E-state index in [9.17, 15) is 9.59 Å². The number of anilines is 1. The van der Waals surface area contributed by atoms with Crippen LogP contribution in [0.25, 0.3) is 0 Å². The van der Waals surface area contributed by atoms with Gasteiger partial charge in [-0.2, -0.15) is 0 Å². The predicted molar refractivity (Wildman–Crippen MR) is 105 cm³/mol. The molecule has 2 atom stereocenters. The van der Waals surface area contributed by atoms with E-state index in [0.29, 0.717) is 22.7 Å². The fourth-order valence-electron chi connectivity index (χ4n) is 2.36. The summed E-state index contributed by atoms with van der Waals surface area (Å²) in [6, 6.07) is 14.0. The molecular weight excluding hydrogens is 344 g/mol. The fourth-order valence-corrected chi connectivity index (χ4v) is 2.36. The Balaban J connectivity index is 2.07. The Morgan fingerprint density at radius 2 is 1.74 bits per heavy atom. The average molecular weight is 370 g/mol. The molecule has 0 unspecified atom stereocenters. The van der Waals surface area contributed by atoms with Crippen LogP contribution in [0.2, 0.25) is 0 Å². The van der Waals surface area contributed by atoms with Crippen molar-refractivity contribution in [2.75, 3.05) is 12.4 Å². The first-order valence-corrected chi connectivity index (χ1v) is 8.96. The summed E-state index contributed by atoms with van der Waals surface area (Å²) in [4.78, 5) is 25.0. The van der Waals surface area contributed by atoms with Gasteiger partial charge in [0.15, 0.2) is 6.10 Å². The summed E-state index contributed by atoms with van der Waals surface area (Å²) in [7, 11) is 1.57. The van der Waals surface area contributed by atoms with Gasteiger partial charge in [-0.25, -0.2) is 0 Å². The molecule has 0 spiro atoms. The van der Waals surface area contributed by atoms with Crippen LogP contribution in [-0.2, 0) is 4.79 Å². The molecule has 0 fully saturated rings. The molecule has 0 aliphatic carbocycles. The average Bonchev–Trinajstić information content (AvgIpc) is 2.68. The zero-order valence-corrected chi connectivity index (χ0v) is 16.1. The van der Waals surface area contributed by atoms with E-state index >= 15 is 0 Å². The first-order chi connectivity index (χ1) is 12.9. The number of hydrogen-bond acceptors (Lipinski definition) is 4. The number of hydrogen-bond donors (Lipinski definition) is 2. The third-order valence-electron chi connectivity index (χ3n) is 4.14. The van der Waals surface area contributed by atoms with Crippen molar-refractivity contribution >= 4 is 17.5 Å². The quantitative estimate of drug-likeness (QED) is 0.744. The maximum atomic E-state index is 12.5. The number of carbonyl (C=O) groups is 2. The van der Waals surface area contributed by atoms with Crippen LogP contribution in [0.5, 0.6) is 11.5 Å². The predicted octanol–water partition coefficient (Wildman–Crippen LogP) is 3.63. The molecule has 0 radical (unpaired) electrons. The lowest BCUT2D eigenvalue weighted by molar-refractivity contribution is -0.122. The van der Waals surface area contributed by atoms with Crippen LogP contribution in [0.4, 0.5) is 5.69 Å². The molecule has 2 aromatic rings. The molecular formula is C21H26N2O4. The molecule has 2 rings (SSSR count). The summed E-state index contributed by atoms with van der Waals surface area (Å²) in [5.41, 5.74) is 0.865. The van der Waals surface area contributed by atoms with E-state index in [0.717, 1.165) is 6.42 Å². The lowest BCUT2D eigenvalue weighted by atomic mass is 10.1. The maximum Gasteiger partial charge on any atom is 0.265 e. The van der Waals surface area contributed by atoms with Crippen molar-refractivity contribution in [1.29, 1.82) is 0 Å². The van der Waals surface area contributed by atoms with Crippen molar-refractivity contribution in [2.45, 2.75) is 39.3 Å². The zero-order chi connectivity index (χ0) is 19.8. The van der Waals surface area contributed by atoms with Crippen LogP contribution in [0.15, 0.2) is 48.5 Å². The van der Waals surface area contributed by atoms with E-state index in [4.69, 9.17) is 9.47 Å². The third kappa shape index (κ3) is 5.74. The second-order valence-corrected chi connectivity index (χ2v) is 6.26. The smallest absolute Gasteiger partial charge is 0.265 e. The van der Waals surface area contributed by atoms with Gasteiger partial charge in [0.1, 0.15) is 11.5 Å². The van der Waals surface area contributed by atoms with Gasteiger partial charge in [0.05, 0.1) is 18.4 Å². The van der Waals surface area contributed by atoms with E-state index in [-0.39, 0.29) is 17.9 Å². The van der Waals surface area contributed by atoms with Crippen molar-refractivity contribution in [3.05, 3.63) is 54.1 Å². The Labute approximate surface area is 159 Å². The first-order valence-electron chi connectivity index (χ1n) is 8.96. The minimum Gasteiger partial charge on any atom is -0.497 e. The molecule has 6 heteroatoms. The highest BCUT2D eigenvalue weighted by Gasteiger charge is 2.19. The second-order valence-electron chi connectivity index (χ2n) is 6.26. The summed E-state index contributed by atoms with van der Waals surface area (Å²) < 4.78 is 10.8. The SMILES string of the molecule is CC[C@@H](C)NC(=O)c1ccccc1NC(=O)[C@@H](C)Oc1cccc(OC)c1. The lowest BCUT2D eigenvalue weighted by Gasteiger charge is -2.17. The van der Waals surface area contributed by atoms with Crippen LogP contribution in [0.1, 0.15) is 37.6 Å². The highest BCUT2D eigenvalue weighted by Crippen LogP contribution is 2.21. The summed E-state index contributed by atoms with van der Waals surface area (Å²) in [5, 5.41) is 5.68. The molecule has 27 heavy (non-hydrogen) atoms. The van der Waals surface area contributed by atoms with Gasteiger partial charge in [-0.3, -0.25) is 9.59 Å². The minimum atomic E-state index is -0.747. The molecule has 6 nitrogen and oxygen atoms in total. The Kier molecular flexibility index (Phi) is 7.23. The first kappa shape index (κ1) is 20.3. The van der Waals surface area contributed by atoms with Crippen LogP contribution in [0, 0.1) is 0 Å². The van der Waals surface area contributed by atoms with E-state index in [1.165, 1.54) is 0 Å². The number of benzene rings is 2. The molecule has 0 saturated carbocycles. The number of para-hydroxylation sites is 1. The molecule has 0 bridgehead atoms. The molecule has 2 aromatic carbocycles. The molecule has 0 aliphatic rings. The van der Waals surface area contributed by atoms with E-state index in [1.807, 2.05) is 13.8 Å². The molecule has 0 aliphatic heterocycles. The Bertz CT molecular complexity index is 791. The summed E-state index contributed by atoms with van der Waals surface area (Å²) in [6.45, 7) is 5.58. The second kappa shape index (κ2) is 9.62. The van der Waals surface area contributed by atoms with Crippen molar-refractivity contribution in [2.24, 2.45) is 0 Å². The van der Waals surface area contributed by atoms with Crippen molar-refractivity contribution in [1.82, 2.24) is 5.32 Å². The van der Waals surface area contributed by atoms with Gasteiger partial charge in [-0.15, -0.1) is 0 Å². The number of carbonyl (C=O) groups excluding carboxylic acids is 2. The number of amides is 2. The molecule has 144 valence electrons. The summed E-state index contributed by atoms with van der Waals surface area (Å²) >= 11 is 0. The van der Waals surface area contributed by atoms with Gasteiger partial charge >= 0.3 is 0 Å². The minimum absolute atomic E-state index is 0.0524. The van der Waals surface area contributed by atoms with Crippen molar-refractivity contribution in [3.8, 4) is 11.5 Å². The number of methoxy groups -OCH3 is 1. The van der Waals surface area contributed by atoms with Crippen LogP contribution in [-0.4, -0.2) is 31.1 Å². The summed E-state index contributed by atoms with van der Waals surface area (Å²) in [5.74, 6) is 0.607. The van der Waals surface area contributed by atoms with Crippen LogP contribution in [0.3, 0.4) is 0 Å². The zero-order valence-electron chi connectivity index (χ0n) is 16.1.